The molecule has 142 valence electrons. The largest absolute Gasteiger partial charge is 0.347 e. The standard InChI is InChI=1S/C18H28N6O2/c1-21(2)16(25)12-24-15-6-5-14(17(24)26)10-23(11-15)9-13-7-19-18(20-8-13)22(3)4/h7-8,14-15H,5-6,9-12H2,1-4H3/t14-,15+/m0/s1. The van der Waals surface area contributed by atoms with Crippen LogP contribution in [0.5, 0.6) is 0 Å². The second-order valence-electron chi connectivity index (χ2n) is 7.66. The van der Waals surface area contributed by atoms with Crippen LogP contribution in [0.4, 0.5) is 5.95 Å². The van der Waals surface area contributed by atoms with Gasteiger partial charge in [0.05, 0.1) is 5.92 Å². The van der Waals surface area contributed by atoms with E-state index in [9.17, 15) is 9.59 Å². The minimum Gasteiger partial charge on any atom is -0.347 e. The zero-order valence-corrected chi connectivity index (χ0v) is 16.1. The van der Waals surface area contributed by atoms with Crippen LogP contribution in [0.15, 0.2) is 12.4 Å². The Morgan fingerprint density at radius 3 is 2.46 bits per heavy atom. The summed E-state index contributed by atoms with van der Waals surface area (Å²) in [5.41, 5.74) is 1.04. The highest BCUT2D eigenvalue weighted by Crippen LogP contribution is 2.29. The van der Waals surface area contributed by atoms with Gasteiger partial charge in [0.25, 0.3) is 0 Å². The normalized spacial score (nSPS) is 23.1. The Hall–Kier alpha value is -2.22. The van der Waals surface area contributed by atoms with E-state index in [1.165, 1.54) is 0 Å². The summed E-state index contributed by atoms with van der Waals surface area (Å²) in [6, 6.07) is 0.104. The Morgan fingerprint density at radius 2 is 1.85 bits per heavy atom. The highest BCUT2D eigenvalue weighted by molar-refractivity contribution is 5.86. The van der Waals surface area contributed by atoms with Crippen LogP contribution in [0.2, 0.25) is 0 Å². The van der Waals surface area contributed by atoms with E-state index in [1.54, 1.807) is 23.9 Å². The topological polar surface area (TPSA) is 72.9 Å². The summed E-state index contributed by atoms with van der Waals surface area (Å²) in [4.78, 5) is 41.1. The lowest BCUT2D eigenvalue weighted by molar-refractivity contribution is -0.145. The average Bonchev–Trinajstić information content (AvgIpc) is 2.87. The predicted octanol–water partition coefficient (Wildman–Crippen LogP) is 0.0536. The Kier molecular flexibility index (Phi) is 5.41. The van der Waals surface area contributed by atoms with E-state index in [0.717, 1.165) is 38.0 Å². The predicted molar refractivity (Wildman–Crippen MR) is 98.6 cm³/mol. The number of anilines is 1. The molecule has 26 heavy (non-hydrogen) atoms. The first kappa shape index (κ1) is 18.6. The number of piperidine rings is 1. The number of carbonyl (C=O) groups is 2. The second kappa shape index (κ2) is 7.57. The number of nitrogens with zero attached hydrogens (tertiary/aromatic N) is 6. The monoisotopic (exact) mass is 360 g/mol. The van der Waals surface area contributed by atoms with Gasteiger partial charge in [0.15, 0.2) is 0 Å². The lowest BCUT2D eigenvalue weighted by Gasteiger charge is -2.36. The molecule has 0 radical (unpaired) electrons. The number of hydrogen-bond acceptors (Lipinski definition) is 6. The molecule has 0 aliphatic carbocycles. The van der Waals surface area contributed by atoms with Crippen molar-refractivity contribution in [2.75, 3.05) is 52.7 Å². The van der Waals surface area contributed by atoms with Gasteiger partial charge in [0.1, 0.15) is 6.54 Å². The molecule has 0 aromatic carbocycles. The molecule has 2 amide bonds. The summed E-state index contributed by atoms with van der Waals surface area (Å²) in [7, 11) is 7.28. The summed E-state index contributed by atoms with van der Waals surface area (Å²) in [5.74, 6) is 0.766. The summed E-state index contributed by atoms with van der Waals surface area (Å²) >= 11 is 0. The van der Waals surface area contributed by atoms with Crippen molar-refractivity contribution in [2.24, 2.45) is 5.92 Å². The van der Waals surface area contributed by atoms with Crippen LogP contribution < -0.4 is 4.90 Å². The number of rotatable bonds is 5. The van der Waals surface area contributed by atoms with E-state index in [2.05, 4.69) is 14.9 Å². The summed E-state index contributed by atoms with van der Waals surface area (Å²) in [6.45, 7) is 2.43. The van der Waals surface area contributed by atoms with Crippen molar-refractivity contribution in [3.8, 4) is 0 Å². The molecule has 3 aliphatic rings. The van der Waals surface area contributed by atoms with Crippen LogP contribution in [-0.2, 0) is 16.1 Å². The van der Waals surface area contributed by atoms with Gasteiger partial charge in [-0.15, -0.1) is 0 Å². The number of amides is 2. The average molecular weight is 360 g/mol. The van der Waals surface area contributed by atoms with Gasteiger partial charge in [-0.05, 0) is 12.8 Å². The summed E-state index contributed by atoms with van der Waals surface area (Å²) in [6.07, 6.45) is 5.57. The van der Waals surface area contributed by atoms with Gasteiger partial charge in [-0.2, -0.15) is 0 Å². The van der Waals surface area contributed by atoms with Crippen molar-refractivity contribution in [2.45, 2.75) is 25.4 Å². The van der Waals surface area contributed by atoms with Crippen molar-refractivity contribution in [3.63, 3.8) is 0 Å². The first-order valence-corrected chi connectivity index (χ1v) is 9.06. The first-order valence-electron chi connectivity index (χ1n) is 9.06. The van der Waals surface area contributed by atoms with Crippen LogP contribution in [0, 0.1) is 5.92 Å². The fourth-order valence-electron chi connectivity index (χ4n) is 3.67. The van der Waals surface area contributed by atoms with E-state index in [1.807, 2.05) is 31.4 Å². The maximum atomic E-state index is 12.8. The second-order valence-corrected chi connectivity index (χ2v) is 7.66. The zero-order chi connectivity index (χ0) is 18.8. The fraction of sp³-hybridized carbons (Fsp3) is 0.667. The number of aromatic nitrogens is 2. The third-order valence-electron chi connectivity index (χ3n) is 5.17. The molecule has 8 heteroatoms. The fourth-order valence-corrected chi connectivity index (χ4v) is 3.67. The van der Waals surface area contributed by atoms with Gasteiger partial charge < -0.3 is 14.7 Å². The maximum absolute atomic E-state index is 12.8. The highest BCUT2D eigenvalue weighted by atomic mass is 16.2. The van der Waals surface area contributed by atoms with Crippen LogP contribution in [0.1, 0.15) is 18.4 Å². The molecule has 0 saturated carbocycles. The molecule has 4 rings (SSSR count). The molecule has 1 aromatic heterocycles. The van der Waals surface area contributed by atoms with Crippen LogP contribution in [0.3, 0.4) is 0 Å². The van der Waals surface area contributed by atoms with Crippen molar-refractivity contribution in [3.05, 3.63) is 18.0 Å². The minimum absolute atomic E-state index is 0.0225. The molecular weight excluding hydrogens is 332 g/mol. The lowest BCUT2D eigenvalue weighted by atomic mass is 9.94. The summed E-state index contributed by atoms with van der Waals surface area (Å²) < 4.78 is 0. The number of fused-ring (bicyclic) bond motifs is 4. The van der Waals surface area contributed by atoms with E-state index >= 15 is 0 Å². The Bertz CT molecular complexity index is 660. The SMILES string of the molecule is CN(C)C(=O)CN1C(=O)[C@H]2CC[C@@H]1CN(Cc1cnc(N(C)C)nc1)C2. The molecule has 2 bridgehead atoms. The molecule has 4 heterocycles. The van der Waals surface area contributed by atoms with Gasteiger partial charge in [0.2, 0.25) is 17.8 Å². The Labute approximate surface area is 154 Å². The van der Waals surface area contributed by atoms with Gasteiger partial charge in [-0.3, -0.25) is 14.5 Å². The summed E-state index contributed by atoms with van der Waals surface area (Å²) in [5, 5.41) is 0. The highest BCUT2D eigenvalue weighted by Gasteiger charge is 2.41. The van der Waals surface area contributed by atoms with Crippen molar-refractivity contribution in [1.29, 1.82) is 0 Å². The van der Waals surface area contributed by atoms with Crippen molar-refractivity contribution < 1.29 is 9.59 Å². The molecule has 2 atom stereocenters. The van der Waals surface area contributed by atoms with E-state index in [-0.39, 0.29) is 30.3 Å². The Morgan fingerprint density at radius 1 is 1.15 bits per heavy atom. The van der Waals surface area contributed by atoms with Gasteiger partial charge in [-0.1, -0.05) is 0 Å². The molecule has 3 aliphatic heterocycles. The maximum Gasteiger partial charge on any atom is 0.241 e. The number of carbonyl (C=O) groups excluding carboxylic acids is 2. The third-order valence-corrected chi connectivity index (χ3v) is 5.17. The number of hydrogen-bond donors (Lipinski definition) is 0. The molecule has 3 fully saturated rings. The zero-order valence-electron chi connectivity index (χ0n) is 16.1. The van der Waals surface area contributed by atoms with Gasteiger partial charge >= 0.3 is 0 Å². The van der Waals surface area contributed by atoms with Crippen LogP contribution in [0.25, 0.3) is 0 Å². The molecular formula is C18H28N6O2. The molecule has 0 spiro atoms. The smallest absolute Gasteiger partial charge is 0.241 e. The Balaban J connectivity index is 1.69. The minimum atomic E-state index is -0.0230. The third kappa shape index (κ3) is 3.95. The van der Waals surface area contributed by atoms with Gasteiger partial charge in [-0.25, -0.2) is 9.97 Å². The van der Waals surface area contributed by atoms with Crippen LogP contribution in [-0.4, -0.2) is 90.3 Å². The number of likely N-dealkylation sites (N-methyl/N-ethyl adjacent to an activating group) is 1. The molecule has 0 N–H and O–H groups in total. The van der Waals surface area contributed by atoms with E-state index in [0.29, 0.717) is 5.95 Å². The molecule has 8 nitrogen and oxygen atoms in total. The first-order chi connectivity index (χ1) is 12.3. The van der Waals surface area contributed by atoms with Gasteiger partial charge in [0, 0.05) is 71.8 Å². The van der Waals surface area contributed by atoms with E-state index in [4.69, 9.17) is 0 Å². The van der Waals surface area contributed by atoms with Crippen molar-refractivity contribution >= 4 is 17.8 Å². The lowest BCUT2D eigenvalue weighted by Crippen LogP contribution is -2.51. The van der Waals surface area contributed by atoms with Crippen molar-refractivity contribution in [1.82, 2.24) is 24.7 Å². The van der Waals surface area contributed by atoms with E-state index < -0.39 is 0 Å². The van der Waals surface area contributed by atoms with Crippen LogP contribution >= 0.6 is 0 Å². The quantitative estimate of drug-likeness (QED) is 0.739. The molecule has 1 aromatic rings. The molecule has 3 saturated heterocycles. The molecule has 0 unspecified atom stereocenters.